The standard InChI is InChI=1S/C16H29/c1-3-5-7-9-11-13-15-16-14-12-10-8-6-4-2/h4,6,8,10H,1,3,5,7,9,11-16H2,2H3. The van der Waals surface area contributed by atoms with Gasteiger partial charge >= 0.3 is 0 Å². The van der Waals surface area contributed by atoms with Crippen LogP contribution in [0.1, 0.15) is 71.1 Å². The number of hydrogen-bond donors (Lipinski definition) is 0. The Hall–Kier alpha value is -0.520. The number of rotatable bonds is 11. The predicted molar refractivity (Wildman–Crippen MR) is 75.5 cm³/mol. The van der Waals surface area contributed by atoms with Crippen LogP contribution < -0.4 is 0 Å². The zero-order valence-electron chi connectivity index (χ0n) is 11.1. The molecule has 0 fully saturated rings. The van der Waals surface area contributed by atoms with E-state index in [0.29, 0.717) is 0 Å². The van der Waals surface area contributed by atoms with Gasteiger partial charge in [0, 0.05) is 0 Å². The molecule has 93 valence electrons. The fraction of sp³-hybridized carbons (Fsp3) is 0.688. The van der Waals surface area contributed by atoms with E-state index >= 15 is 0 Å². The van der Waals surface area contributed by atoms with E-state index in [9.17, 15) is 0 Å². The summed E-state index contributed by atoms with van der Waals surface area (Å²) in [7, 11) is 0. The van der Waals surface area contributed by atoms with Crippen molar-refractivity contribution in [3.8, 4) is 0 Å². The molecule has 0 aliphatic heterocycles. The Kier molecular flexibility index (Phi) is 14.0. The van der Waals surface area contributed by atoms with Gasteiger partial charge in [-0.2, -0.15) is 0 Å². The fourth-order valence-corrected chi connectivity index (χ4v) is 1.79. The van der Waals surface area contributed by atoms with Crippen molar-refractivity contribution in [1.82, 2.24) is 0 Å². The van der Waals surface area contributed by atoms with Crippen LogP contribution >= 0.6 is 0 Å². The van der Waals surface area contributed by atoms with Gasteiger partial charge in [-0.3, -0.25) is 0 Å². The van der Waals surface area contributed by atoms with Crippen LogP contribution in [0, 0.1) is 6.92 Å². The van der Waals surface area contributed by atoms with E-state index in [2.05, 4.69) is 38.2 Å². The van der Waals surface area contributed by atoms with Crippen LogP contribution in [-0.4, -0.2) is 0 Å². The Morgan fingerprint density at radius 1 is 0.750 bits per heavy atom. The maximum Gasteiger partial charge on any atom is -0.0348 e. The molecule has 0 aromatic rings. The van der Waals surface area contributed by atoms with Crippen molar-refractivity contribution in [2.45, 2.75) is 71.1 Å². The van der Waals surface area contributed by atoms with Gasteiger partial charge in [0.2, 0.25) is 0 Å². The molecule has 0 heteroatoms. The summed E-state index contributed by atoms with van der Waals surface area (Å²) in [5.41, 5.74) is 0. The van der Waals surface area contributed by atoms with E-state index in [1.165, 1.54) is 57.8 Å². The lowest BCUT2D eigenvalue weighted by Crippen LogP contribution is -1.80. The third kappa shape index (κ3) is 13.5. The van der Waals surface area contributed by atoms with E-state index in [0.717, 1.165) is 6.42 Å². The molecule has 0 saturated carbocycles. The molecular formula is C16H29. The fourth-order valence-electron chi connectivity index (χ4n) is 1.79. The zero-order valence-corrected chi connectivity index (χ0v) is 11.1. The summed E-state index contributed by atoms with van der Waals surface area (Å²) >= 11 is 0. The molecule has 1 radical (unpaired) electrons. The summed E-state index contributed by atoms with van der Waals surface area (Å²) in [6.45, 7) is 5.92. The molecule has 0 N–H and O–H groups in total. The van der Waals surface area contributed by atoms with Gasteiger partial charge in [0.05, 0.1) is 0 Å². The maximum absolute atomic E-state index is 3.86. The summed E-state index contributed by atoms with van der Waals surface area (Å²) in [6.07, 6.45) is 22.1. The van der Waals surface area contributed by atoms with Gasteiger partial charge < -0.3 is 0 Å². The highest BCUT2D eigenvalue weighted by Gasteiger charge is 1.90. The third-order valence-corrected chi connectivity index (χ3v) is 2.81. The minimum atomic E-state index is 1.11. The van der Waals surface area contributed by atoms with Gasteiger partial charge in [-0.1, -0.05) is 82.6 Å². The molecule has 0 aliphatic rings. The second kappa shape index (κ2) is 14.5. The smallest absolute Gasteiger partial charge is 0.0348 e. The molecule has 0 aliphatic carbocycles. The van der Waals surface area contributed by atoms with E-state index in [4.69, 9.17) is 0 Å². The van der Waals surface area contributed by atoms with Crippen molar-refractivity contribution < 1.29 is 0 Å². The topological polar surface area (TPSA) is 0 Å². The molecule has 0 heterocycles. The molecule has 0 rings (SSSR count). The first-order chi connectivity index (χ1) is 7.91. The first-order valence-corrected chi connectivity index (χ1v) is 6.99. The molecule has 0 saturated heterocycles. The van der Waals surface area contributed by atoms with E-state index in [1.54, 1.807) is 0 Å². The average Bonchev–Trinajstić information content (AvgIpc) is 2.31. The molecule has 0 nitrogen and oxygen atoms in total. The van der Waals surface area contributed by atoms with Crippen LogP contribution in [0.4, 0.5) is 0 Å². The molecular weight excluding hydrogens is 192 g/mol. The van der Waals surface area contributed by atoms with Crippen LogP contribution in [0.5, 0.6) is 0 Å². The van der Waals surface area contributed by atoms with E-state index in [-0.39, 0.29) is 0 Å². The van der Waals surface area contributed by atoms with Crippen molar-refractivity contribution in [2.24, 2.45) is 0 Å². The Balaban J connectivity index is 2.98. The Morgan fingerprint density at radius 2 is 1.31 bits per heavy atom. The predicted octanol–water partition coefficient (Wildman–Crippen LogP) is 5.85. The minimum Gasteiger partial charge on any atom is -0.0877 e. The maximum atomic E-state index is 3.86. The Labute approximate surface area is 103 Å². The average molecular weight is 221 g/mol. The highest BCUT2D eigenvalue weighted by atomic mass is 14.0. The molecule has 0 unspecified atom stereocenters. The summed E-state index contributed by atoms with van der Waals surface area (Å²) in [5.74, 6) is 0. The first kappa shape index (κ1) is 15.5. The van der Waals surface area contributed by atoms with E-state index < -0.39 is 0 Å². The summed E-state index contributed by atoms with van der Waals surface area (Å²) in [5, 5.41) is 0. The summed E-state index contributed by atoms with van der Waals surface area (Å²) < 4.78 is 0. The van der Waals surface area contributed by atoms with Crippen LogP contribution in [0.3, 0.4) is 0 Å². The monoisotopic (exact) mass is 221 g/mol. The number of hydrogen-bond acceptors (Lipinski definition) is 0. The summed E-state index contributed by atoms with van der Waals surface area (Å²) in [6, 6.07) is 0. The quantitative estimate of drug-likeness (QED) is 0.303. The molecule has 0 amide bonds. The second-order valence-corrected chi connectivity index (χ2v) is 4.42. The third-order valence-electron chi connectivity index (χ3n) is 2.81. The molecule has 0 aromatic heterocycles. The van der Waals surface area contributed by atoms with Gasteiger partial charge in [0.25, 0.3) is 0 Å². The normalized spacial score (nSPS) is 11.9. The molecule has 0 atom stereocenters. The van der Waals surface area contributed by atoms with Crippen molar-refractivity contribution in [2.75, 3.05) is 0 Å². The van der Waals surface area contributed by atoms with Gasteiger partial charge in [-0.15, -0.1) is 0 Å². The van der Waals surface area contributed by atoms with Crippen molar-refractivity contribution in [3.05, 3.63) is 31.2 Å². The van der Waals surface area contributed by atoms with Crippen molar-refractivity contribution in [3.63, 3.8) is 0 Å². The van der Waals surface area contributed by atoms with Gasteiger partial charge in [-0.25, -0.2) is 0 Å². The molecule has 0 bridgehead atoms. The SMILES string of the molecule is [CH2]CCCCCCCCCCC=CC=CC. The zero-order chi connectivity index (χ0) is 11.9. The highest BCUT2D eigenvalue weighted by molar-refractivity contribution is 5.00. The Bertz CT molecular complexity index is 165. The highest BCUT2D eigenvalue weighted by Crippen LogP contribution is 2.10. The Morgan fingerprint density at radius 3 is 1.88 bits per heavy atom. The first-order valence-electron chi connectivity index (χ1n) is 6.99. The van der Waals surface area contributed by atoms with Crippen molar-refractivity contribution in [1.29, 1.82) is 0 Å². The summed E-state index contributed by atoms with van der Waals surface area (Å²) in [4.78, 5) is 0. The minimum absolute atomic E-state index is 1.11. The lowest BCUT2D eigenvalue weighted by molar-refractivity contribution is 0.571. The van der Waals surface area contributed by atoms with Gasteiger partial charge in [0.15, 0.2) is 0 Å². The van der Waals surface area contributed by atoms with E-state index in [1.807, 2.05) is 0 Å². The molecule has 16 heavy (non-hydrogen) atoms. The van der Waals surface area contributed by atoms with Gasteiger partial charge in [-0.05, 0) is 19.8 Å². The lowest BCUT2D eigenvalue weighted by Gasteiger charge is -2.00. The lowest BCUT2D eigenvalue weighted by atomic mass is 10.1. The van der Waals surface area contributed by atoms with Crippen LogP contribution in [0.25, 0.3) is 0 Å². The largest absolute Gasteiger partial charge is 0.0877 e. The van der Waals surface area contributed by atoms with Gasteiger partial charge in [0.1, 0.15) is 0 Å². The second-order valence-electron chi connectivity index (χ2n) is 4.42. The van der Waals surface area contributed by atoms with Crippen LogP contribution in [-0.2, 0) is 0 Å². The molecule has 0 spiro atoms. The van der Waals surface area contributed by atoms with Crippen LogP contribution in [0.2, 0.25) is 0 Å². The van der Waals surface area contributed by atoms with Crippen LogP contribution in [0.15, 0.2) is 24.3 Å². The number of allylic oxidation sites excluding steroid dienone is 4. The number of unbranched alkanes of at least 4 members (excludes halogenated alkanes) is 9. The van der Waals surface area contributed by atoms with Crippen molar-refractivity contribution >= 4 is 0 Å². The molecule has 0 aromatic carbocycles.